The minimum absolute atomic E-state index is 0.184. The summed E-state index contributed by atoms with van der Waals surface area (Å²) in [5.74, 6) is 0. The van der Waals surface area contributed by atoms with E-state index in [-0.39, 0.29) is 5.54 Å². The standard InChI is InChI=1S/C18H31N3/c1-5-21(18(2,3)4)17(16-9-7-6-8-10-16)15-20-13-11-19-12-14-20/h6-10,17,19H,5,11-15H2,1-4H3. The largest absolute Gasteiger partial charge is 0.314 e. The Labute approximate surface area is 130 Å². The van der Waals surface area contributed by atoms with Crippen molar-refractivity contribution in [3.05, 3.63) is 35.9 Å². The molecule has 118 valence electrons. The average Bonchev–Trinajstić information content (AvgIpc) is 2.47. The van der Waals surface area contributed by atoms with Crippen LogP contribution in [0, 0.1) is 0 Å². The molecule has 1 aromatic carbocycles. The minimum Gasteiger partial charge on any atom is -0.314 e. The Kier molecular flexibility index (Phi) is 5.80. The minimum atomic E-state index is 0.184. The Morgan fingerprint density at radius 3 is 2.29 bits per heavy atom. The molecule has 1 heterocycles. The monoisotopic (exact) mass is 289 g/mol. The molecular formula is C18H31N3. The van der Waals surface area contributed by atoms with E-state index >= 15 is 0 Å². The van der Waals surface area contributed by atoms with Crippen molar-refractivity contribution in [2.24, 2.45) is 0 Å². The molecule has 1 saturated heterocycles. The van der Waals surface area contributed by atoms with Crippen LogP contribution in [-0.2, 0) is 0 Å². The van der Waals surface area contributed by atoms with E-state index < -0.39 is 0 Å². The van der Waals surface area contributed by atoms with Gasteiger partial charge in [0.1, 0.15) is 0 Å². The van der Waals surface area contributed by atoms with Gasteiger partial charge in [0, 0.05) is 44.3 Å². The lowest BCUT2D eigenvalue weighted by Gasteiger charge is -2.44. The van der Waals surface area contributed by atoms with E-state index in [9.17, 15) is 0 Å². The molecule has 21 heavy (non-hydrogen) atoms. The third-order valence-electron chi connectivity index (χ3n) is 4.40. The molecule has 1 unspecified atom stereocenters. The zero-order chi connectivity index (χ0) is 15.3. The van der Waals surface area contributed by atoms with E-state index in [1.807, 2.05) is 0 Å². The van der Waals surface area contributed by atoms with Crippen molar-refractivity contribution in [2.45, 2.75) is 39.3 Å². The fourth-order valence-electron chi connectivity index (χ4n) is 3.36. The quantitative estimate of drug-likeness (QED) is 0.899. The fourth-order valence-corrected chi connectivity index (χ4v) is 3.36. The maximum absolute atomic E-state index is 3.45. The van der Waals surface area contributed by atoms with Crippen molar-refractivity contribution >= 4 is 0 Å². The van der Waals surface area contributed by atoms with Gasteiger partial charge in [0.05, 0.1) is 0 Å². The van der Waals surface area contributed by atoms with E-state index in [1.54, 1.807) is 0 Å². The van der Waals surface area contributed by atoms with Gasteiger partial charge in [0.25, 0.3) is 0 Å². The molecule has 0 aromatic heterocycles. The molecule has 3 nitrogen and oxygen atoms in total. The predicted octanol–water partition coefficient (Wildman–Crippen LogP) is 2.75. The second kappa shape index (κ2) is 7.39. The van der Waals surface area contributed by atoms with Crippen LogP contribution >= 0.6 is 0 Å². The van der Waals surface area contributed by atoms with Crippen LogP contribution in [-0.4, -0.2) is 54.6 Å². The predicted molar refractivity (Wildman–Crippen MR) is 90.6 cm³/mol. The molecule has 0 radical (unpaired) electrons. The van der Waals surface area contributed by atoms with Crippen LogP contribution < -0.4 is 5.32 Å². The number of piperazine rings is 1. The molecule has 1 atom stereocenters. The highest BCUT2D eigenvalue weighted by Gasteiger charge is 2.30. The molecule has 0 bridgehead atoms. The van der Waals surface area contributed by atoms with E-state index in [1.165, 1.54) is 5.56 Å². The van der Waals surface area contributed by atoms with Gasteiger partial charge in [-0.2, -0.15) is 0 Å². The first-order valence-corrected chi connectivity index (χ1v) is 8.27. The molecule has 2 rings (SSSR count). The molecule has 0 amide bonds. The highest BCUT2D eigenvalue weighted by molar-refractivity contribution is 5.20. The second-order valence-electron chi connectivity index (χ2n) is 6.93. The summed E-state index contributed by atoms with van der Waals surface area (Å²) in [6.07, 6.45) is 0. The Hall–Kier alpha value is -0.900. The number of nitrogens with one attached hydrogen (secondary N) is 1. The van der Waals surface area contributed by atoms with E-state index in [0.29, 0.717) is 6.04 Å². The molecule has 3 heteroatoms. The third-order valence-corrected chi connectivity index (χ3v) is 4.40. The number of hydrogen-bond acceptors (Lipinski definition) is 3. The van der Waals surface area contributed by atoms with Crippen LogP contribution in [0.2, 0.25) is 0 Å². The summed E-state index contributed by atoms with van der Waals surface area (Å²) in [6, 6.07) is 11.5. The van der Waals surface area contributed by atoms with E-state index in [4.69, 9.17) is 0 Å². The Morgan fingerprint density at radius 2 is 1.76 bits per heavy atom. The fraction of sp³-hybridized carbons (Fsp3) is 0.667. The SMILES string of the molecule is CCN(C(CN1CCNCC1)c1ccccc1)C(C)(C)C. The van der Waals surface area contributed by atoms with Crippen molar-refractivity contribution in [3.8, 4) is 0 Å². The summed E-state index contributed by atoms with van der Waals surface area (Å²) in [5, 5.41) is 3.45. The summed E-state index contributed by atoms with van der Waals surface area (Å²) in [4.78, 5) is 5.23. The van der Waals surface area contributed by atoms with Gasteiger partial charge < -0.3 is 5.32 Å². The smallest absolute Gasteiger partial charge is 0.0480 e. The number of rotatable bonds is 5. The molecule has 1 aromatic rings. The molecule has 0 spiro atoms. The van der Waals surface area contributed by atoms with Crippen molar-refractivity contribution in [3.63, 3.8) is 0 Å². The summed E-state index contributed by atoms with van der Waals surface area (Å²) < 4.78 is 0. The topological polar surface area (TPSA) is 18.5 Å². The van der Waals surface area contributed by atoms with Gasteiger partial charge in [-0.25, -0.2) is 0 Å². The van der Waals surface area contributed by atoms with Crippen LogP contribution in [0.15, 0.2) is 30.3 Å². The number of hydrogen-bond donors (Lipinski definition) is 1. The molecule has 0 aliphatic carbocycles. The van der Waals surface area contributed by atoms with Crippen LogP contribution in [0.3, 0.4) is 0 Å². The first-order chi connectivity index (χ1) is 10.0. The zero-order valence-corrected chi connectivity index (χ0v) is 14.1. The summed E-state index contributed by atoms with van der Waals surface area (Å²) in [7, 11) is 0. The van der Waals surface area contributed by atoms with Crippen molar-refractivity contribution in [1.82, 2.24) is 15.1 Å². The maximum atomic E-state index is 3.45. The number of likely N-dealkylation sites (N-methyl/N-ethyl adjacent to an activating group) is 1. The number of benzene rings is 1. The summed E-state index contributed by atoms with van der Waals surface area (Å²) in [5.41, 5.74) is 1.62. The summed E-state index contributed by atoms with van der Waals surface area (Å²) >= 11 is 0. The molecule has 1 aliphatic heterocycles. The van der Waals surface area contributed by atoms with Gasteiger partial charge in [0.2, 0.25) is 0 Å². The van der Waals surface area contributed by atoms with Gasteiger partial charge in [-0.3, -0.25) is 9.80 Å². The lowest BCUT2D eigenvalue weighted by atomic mass is 9.97. The average molecular weight is 289 g/mol. The van der Waals surface area contributed by atoms with Crippen LogP contribution in [0.1, 0.15) is 39.3 Å². The lowest BCUT2D eigenvalue weighted by molar-refractivity contribution is 0.0585. The molecule has 1 N–H and O–H groups in total. The normalized spacial score (nSPS) is 18.9. The highest BCUT2D eigenvalue weighted by Crippen LogP contribution is 2.28. The second-order valence-corrected chi connectivity index (χ2v) is 6.93. The van der Waals surface area contributed by atoms with Gasteiger partial charge in [0.15, 0.2) is 0 Å². The lowest BCUT2D eigenvalue weighted by Crippen LogP contribution is -2.51. The van der Waals surface area contributed by atoms with Gasteiger partial charge >= 0.3 is 0 Å². The van der Waals surface area contributed by atoms with Gasteiger partial charge in [-0.1, -0.05) is 37.3 Å². The van der Waals surface area contributed by atoms with Crippen molar-refractivity contribution in [1.29, 1.82) is 0 Å². The first kappa shape index (κ1) is 16.5. The first-order valence-electron chi connectivity index (χ1n) is 8.27. The Morgan fingerprint density at radius 1 is 1.14 bits per heavy atom. The highest BCUT2D eigenvalue weighted by atomic mass is 15.3. The van der Waals surface area contributed by atoms with Gasteiger partial charge in [-0.15, -0.1) is 0 Å². The molecule has 0 saturated carbocycles. The van der Waals surface area contributed by atoms with E-state index in [0.717, 1.165) is 39.3 Å². The van der Waals surface area contributed by atoms with E-state index in [2.05, 4.69) is 73.1 Å². The number of nitrogens with zero attached hydrogens (tertiary/aromatic N) is 2. The maximum Gasteiger partial charge on any atom is 0.0480 e. The molecular weight excluding hydrogens is 258 g/mol. The Bertz CT molecular complexity index is 404. The van der Waals surface area contributed by atoms with Crippen LogP contribution in [0.4, 0.5) is 0 Å². The van der Waals surface area contributed by atoms with Crippen molar-refractivity contribution in [2.75, 3.05) is 39.3 Å². The van der Waals surface area contributed by atoms with Crippen LogP contribution in [0.25, 0.3) is 0 Å². The summed E-state index contributed by atoms with van der Waals surface area (Å²) in [6.45, 7) is 16.0. The van der Waals surface area contributed by atoms with Crippen molar-refractivity contribution < 1.29 is 0 Å². The Balaban J connectivity index is 2.21. The third kappa shape index (κ3) is 4.53. The van der Waals surface area contributed by atoms with Crippen LogP contribution in [0.5, 0.6) is 0 Å². The zero-order valence-electron chi connectivity index (χ0n) is 14.1. The molecule has 1 aliphatic rings. The van der Waals surface area contributed by atoms with Gasteiger partial charge in [-0.05, 0) is 32.9 Å². The molecule has 1 fully saturated rings.